The standard InChI is InChI=1S/C29H40N4O4/c1-29(2,3)37-28(36)33-15-13-31(14-16-33)19-22-7-6-10-24(17-22)27(35)30-18-26(34)21-32-12-11-23-8-4-5-9-25(23)20-32/h4-10,17,26,34H,11-16,18-21H2,1-3H3,(H,30,35). The lowest BCUT2D eigenvalue weighted by Crippen LogP contribution is -2.49. The summed E-state index contributed by atoms with van der Waals surface area (Å²) in [4.78, 5) is 31.3. The van der Waals surface area contributed by atoms with Crippen molar-refractivity contribution in [1.29, 1.82) is 0 Å². The van der Waals surface area contributed by atoms with Crippen LogP contribution < -0.4 is 5.32 Å². The van der Waals surface area contributed by atoms with Gasteiger partial charge in [0.25, 0.3) is 5.91 Å². The van der Waals surface area contributed by atoms with Gasteiger partial charge in [0.1, 0.15) is 5.60 Å². The van der Waals surface area contributed by atoms with E-state index in [0.717, 1.165) is 38.2 Å². The molecule has 0 saturated carbocycles. The molecule has 0 aromatic heterocycles. The van der Waals surface area contributed by atoms with E-state index in [1.54, 1.807) is 11.0 Å². The normalized spacial score (nSPS) is 17.7. The summed E-state index contributed by atoms with van der Waals surface area (Å²) in [5, 5.41) is 13.4. The van der Waals surface area contributed by atoms with Gasteiger partial charge in [0.15, 0.2) is 0 Å². The number of benzene rings is 2. The Hall–Kier alpha value is -2.94. The van der Waals surface area contributed by atoms with Gasteiger partial charge in [0, 0.05) is 64.5 Å². The molecule has 1 unspecified atom stereocenters. The molecule has 1 atom stereocenters. The molecule has 2 aliphatic heterocycles. The van der Waals surface area contributed by atoms with Gasteiger partial charge in [-0.1, -0.05) is 36.4 Å². The van der Waals surface area contributed by atoms with Gasteiger partial charge in [0.05, 0.1) is 6.10 Å². The molecule has 2 aromatic rings. The predicted octanol–water partition coefficient (Wildman–Crippen LogP) is 2.89. The molecule has 2 heterocycles. The summed E-state index contributed by atoms with van der Waals surface area (Å²) in [6, 6.07) is 16.0. The van der Waals surface area contributed by atoms with Gasteiger partial charge in [-0.05, 0) is 56.0 Å². The molecule has 2 aromatic carbocycles. The van der Waals surface area contributed by atoms with Crippen molar-refractivity contribution in [3.8, 4) is 0 Å². The maximum Gasteiger partial charge on any atom is 0.410 e. The van der Waals surface area contributed by atoms with Gasteiger partial charge >= 0.3 is 6.09 Å². The molecular weight excluding hydrogens is 468 g/mol. The fourth-order valence-corrected chi connectivity index (χ4v) is 4.87. The van der Waals surface area contributed by atoms with E-state index < -0.39 is 11.7 Å². The number of aliphatic hydroxyl groups is 1. The SMILES string of the molecule is CC(C)(C)OC(=O)N1CCN(Cc2cccc(C(=O)NCC(O)CN3CCc4ccccc4C3)c2)CC1. The topological polar surface area (TPSA) is 85.3 Å². The van der Waals surface area contributed by atoms with Crippen LogP contribution in [-0.2, 0) is 24.2 Å². The highest BCUT2D eigenvalue weighted by molar-refractivity contribution is 5.94. The Labute approximate surface area is 220 Å². The molecule has 8 nitrogen and oxygen atoms in total. The zero-order valence-corrected chi connectivity index (χ0v) is 22.3. The van der Waals surface area contributed by atoms with Crippen LogP contribution in [0.1, 0.15) is 47.8 Å². The molecule has 2 aliphatic rings. The molecule has 2 amide bonds. The van der Waals surface area contributed by atoms with Crippen molar-refractivity contribution < 1.29 is 19.4 Å². The lowest BCUT2D eigenvalue weighted by molar-refractivity contribution is 0.0139. The Balaban J connectivity index is 1.21. The first-order chi connectivity index (χ1) is 17.7. The fourth-order valence-electron chi connectivity index (χ4n) is 4.87. The van der Waals surface area contributed by atoms with Crippen LogP contribution in [0.25, 0.3) is 0 Å². The van der Waals surface area contributed by atoms with Gasteiger partial charge in [-0.3, -0.25) is 14.6 Å². The Morgan fingerprint density at radius 3 is 2.43 bits per heavy atom. The number of fused-ring (bicyclic) bond motifs is 1. The first kappa shape index (κ1) is 27.1. The summed E-state index contributed by atoms with van der Waals surface area (Å²) in [6.45, 7) is 11.6. The van der Waals surface area contributed by atoms with E-state index in [2.05, 4.69) is 39.4 Å². The minimum Gasteiger partial charge on any atom is -0.444 e. The van der Waals surface area contributed by atoms with E-state index in [-0.39, 0.29) is 18.5 Å². The fraction of sp³-hybridized carbons (Fsp3) is 0.517. The van der Waals surface area contributed by atoms with Gasteiger partial charge in [-0.25, -0.2) is 4.79 Å². The molecule has 1 saturated heterocycles. The number of hydrogen-bond acceptors (Lipinski definition) is 6. The van der Waals surface area contributed by atoms with Gasteiger partial charge in [0.2, 0.25) is 0 Å². The van der Waals surface area contributed by atoms with Crippen LogP contribution in [-0.4, -0.2) is 89.3 Å². The number of β-amino-alcohol motifs (C(OH)–C–C–N with tert-alkyl or cyclic N) is 1. The second-order valence-electron chi connectivity index (χ2n) is 11.1. The average Bonchev–Trinajstić information content (AvgIpc) is 2.87. The van der Waals surface area contributed by atoms with Crippen LogP contribution in [0.15, 0.2) is 48.5 Å². The average molecular weight is 509 g/mol. The lowest BCUT2D eigenvalue weighted by Gasteiger charge is -2.35. The number of aliphatic hydroxyl groups excluding tert-OH is 1. The highest BCUT2D eigenvalue weighted by Crippen LogP contribution is 2.18. The van der Waals surface area contributed by atoms with E-state index >= 15 is 0 Å². The molecule has 0 aliphatic carbocycles. The van der Waals surface area contributed by atoms with Crippen molar-refractivity contribution in [1.82, 2.24) is 20.0 Å². The molecule has 8 heteroatoms. The molecule has 1 fully saturated rings. The molecule has 0 radical (unpaired) electrons. The smallest absolute Gasteiger partial charge is 0.410 e. The number of rotatable bonds is 7. The number of amides is 2. The number of hydrogen-bond donors (Lipinski definition) is 2. The molecule has 4 rings (SSSR count). The van der Waals surface area contributed by atoms with E-state index in [1.165, 1.54) is 11.1 Å². The number of nitrogens with zero attached hydrogens (tertiary/aromatic N) is 3. The Morgan fingerprint density at radius 2 is 1.70 bits per heavy atom. The highest BCUT2D eigenvalue weighted by Gasteiger charge is 2.26. The number of carbonyl (C=O) groups excluding carboxylic acids is 2. The van der Waals surface area contributed by atoms with Crippen molar-refractivity contribution >= 4 is 12.0 Å². The zero-order chi connectivity index (χ0) is 26.4. The Bertz CT molecular complexity index is 1080. The van der Waals surface area contributed by atoms with Crippen LogP contribution in [0.2, 0.25) is 0 Å². The minimum atomic E-state index is -0.626. The van der Waals surface area contributed by atoms with Crippen LogP contribution in [0.4, 0.5) is 4.79 Å². The quantitative estimate of drug-likeness (QED) is 0.598. The third kappa shape index (κ3) is 8.02. The summed E-state index contributed by atoms with van der Waals surface area (Å²) in [7, 11) is 0. The van der Waals surface area contributed by atoms with Crippen LogP contribution >= 0.6 is 0 Å². The lowest BCUT2D eigenvalue weighted by atomic mass is 10.00. The Morgan fingerprint density at radius 1 is 0.973 bits per heavy atom. The molecule has 2 N–H and O–H groups in total. The molecule has 0 spiro atoms. The molecule has 0 bridgehead atoms. The maximum absolute atomic E-state index is 12.8. The van der Waals surface area contributed by atoms with Crippen molar-refractivity contribution in [2.45, 2.75) is 52.0 Å². The van der Waals surface area contributed by atoms with E-state index in [9.17, 15) is 14.7 Å². The van der Waals surface area contributed by atoms with Crippen LogP contribution in [0, 0.1) is 0 Å². The Kier molecular flexibility index (Phi) is 8.84. The maximum atomic E-state index is 12.8. The van der Waals surface area contributed by atoms with E-state index in [4.69, 9.17) is 4.74 Å². The van der Waals surface area contributed by atoms with Gasteiger partial charge < -0.3 is 20.1 Å². The number of piperazine rings is 1. The third-order valence-corrected chi connectivity index (χ3v) is 6.80. The summed E-state index contributed by atoms with van der Waals surface area (Å²) >= 11 is 0. The highest BCUT2D eigenvalue weighted by atomic mass is 16.6. The first-order valence-electron chi connectivity index (χ1n) is 13.2. The molecule has 200 valence electrons. The predicted molar refractivity (Wildman–Crippen MR) is 143 cm³/mol. The van der Waals surface area contributed by atoms with E-state index in [1.807, 2.05) is 39.0 Å². The summed E-state index contributed by atoms with van der Waals surface area (Å²) < 4.78 is 5.47. The van der Waals surface area contributed by atoms with Crippen LogP contribution in [0.5, 0.6) is 0 Å². The number of ether oxygens (including phenoxy) is 1. The third-order valence-electron chi connectivity index (χ3n) is 6.80. The summed E-state index contributed by atoms with van der Waals surface area (Å²) in [5.41, 5.74) is 3.83. The minimum absolute atomic E-state index is 0.181. The monoisotopic (exact) mass is 508 g/mol. The van der Waals surface area contributed by atoms with Crippen molar-refractivity contribution in [2.75, 3.05) is 45.8 Å². The van der Waals surface area contributed by atoms with E-state index in [0.29, 0.717) is 31.7 Å². The van der Waals surface area contributed by atoms with Crippen molar-refractivity contribution in [3.05, 3.63) is 70.8 Å². The second-order valence-corrected chi connectivity index (χ2v) is 11.1. The largest absolute Gasteiger partial charge is 0.444 e. The van der Waals surface area contributed by atoms with Crippen LogP contribution in [0.3, 0.4) is 0 Å². The first-order valence-corrected chi connectivity index (χ1v) is 13.2. The van der Waals surface area contributed by atoms with Gasteiger partial charge in [-0.15, -0.1) is 0 Å². The summed E-state index contributed by atoms with van der Waals surface area (Å²) in [6.07, 6.45) is 0.0923. The zero-order valence-electron chi connectivity index (χ0n) is 22.3. The molecule has 37 heavy (non-hydrogen) atoms. The second kappa shape index (κ2) is 12.1. The summed E-state index contributed by atoms with van der Waals surface area (Å²) in [5.74, 6) is -0.181. The van der Waals surface area contributed by atoms with Crippen molar-refractivity contribution in [2.24, 2.45) is 0 Å². The molecular formula is C29H40N4O4. The number of nitrogens with one attached hydrogen (secondary N) is 1. The number of carbonyl (C=O) groups is 2. The van der Waals surface area contributed by atoms with Crippen molar-refractivity contribution in [3.63, 3.8) is 0 Å². The van der Waals surface area contributed by atoms with Gasteiger partial charge in [-0.2, -0.15) is 0 Å².